The lowest BCUT2D eigenvalue weighted by Gasteiger charge is -2.37. The third-order valence-electron chi connectivity index (χ3n) is 8.37. The highest BCUT2D eigenvalue weighted by molar-refractivity contribution is 6.02. The quantitative estimate of drug-likeness (QED) is 0.399. The zero-order valence-corrected chi connectivity index (χ0v) is 25.6. The molecule has 0 aliphatic carbocycles. The number of aryl methyl sites for hydroxylation is 2. The van der Waals surface area contributed by atoms with Gasteiger partial charge in [0.2, 0.25) is 5.91 Å². The van der Waals surface area contributed by atoms with E-state index in [4.69, 9.17) is 9.47 Å². The van der Waals surface area contributed by atoms with Gasteiger partial charge in [-0.3, -0.25) is 24.2 Å². The normalized spacial score (nSPS) is 15.8. The van der Waals surface area contributed by atoms with Crippen LogP contribution < -0.4 is 9.64 Å². The molecule has 2 aliphatic heterocycles. The molecule has 9 nitrogen and oxygen atoms in total. The molecule has 3 aromatic rings. The number of amides is 3. The zero-order chi connectivity index (χ0) is 30.7. The standard InChI is InChI=1S/C34H40N4O5/c1-23-18-29-31(19-24(23)2)43-22-33(40)38(29)21-32(39)36(5)30(20-37-14-16-42-17-15-37)27-10-6-25(7-11-27)26-8-12-28(13-9-26)34(41)35(3)4/h6-13,18-19,30H,14-17,20-22H2,1-5H3. The summed E-state index contributed by atoms with van der Waals surface area (Å²) >= 11 is 0. The number of benzene rings is 3. The Labute approximate surface area is 253 Å². The van der Waals surface area contributed by atoms with E-state index in [0.717, 1.165) is 40.9 Å². The van der Waals surface area contributed by atoms with Crippen molar-refractivity contribution >= 4 is 23.4 Å². The molecule has 0 N–H and O–H groups in total. The molecule has 0 bridgehead atoms. The summed E-state index contributed by atoms with van der Waals surface area (Å²) in [4.78, 5) is 46.2. The van der Waals surface area contributed by atoms with Gasteiger partial charge in [0.25, 0.3) is 11.8 Å². The molecule has 0 saturated carbocycles. The Kier molecular flexibility index (Phi) is 9.13. The maximum atomic E-state index is 13.8. The van der Waals surface area contributed by atoms with E-state index in [9.17, 15) is 14.4 Å². The summed E-state index contributed by atoms with van der Waals surface area (Å²) in [5.74, 6) is 0.207. The number of carbonyl (C=O) groups excluding carboxylic acids is 3. The second-order valence-electron chi connectivity index (χ2n) is 11.5. The molecule has 43 heavy (non-hydrogen) atoms. The van der Waals surface area contributed by atoms with Gasteiger partial charge < -0.3 is 19.3 Å². The van der Waals surface area contributed by atoms with Gasteiger partial charge in [-0.25, -0.2) is 0 Å². The van der Waals surface area contributed by atoms with Gasteiger partial charge in [0, 0.05) is 46.3 Å². The third kappa shape index (κ3) is 6.73. The van der Waals surface area contributed by atoms with E-state index < -0.39 is 0 Å². The fourth-order valence-corrected chi connectivity index (χ4v) is 5.49. The Morgan fingerprint density at radius 1 is 0.884 bits per heavy atom. The van der Waals surface area contributed by atoms with E-state index >= 15 is 0 Å². The smallest absolute Gasteiger partial charge is 0.265 e. The van der Waals surface area contributed by atoms with Crippen LogP contribution in [0.25, 0.3) is 11.1 Å². The van der Waals surface area contributed by atoms with Crippen LogP contribution in [0.2, 0.25) is 0 Å². The molecule has 0 aromatic heterocycles. The largest absolute Gasteiger partial charge is 0.482 e. The van der Waals surface area contributed by atoms with E-state index in [1.165, 1.54) is 0 Å². The lowest BCUT2D eigenvalue weighted by molar-refractivity contribution is -0.133. The molecular weight excluding hydrogens is 544 g/mol. The van der Waals surface area contributed by atoms with E-state index in [0.29, 0.717) is 36.8 Å². The lowest BCUT2D eigenvalue weighted by atomic mass is 9.98. The minimum atomic E-state index is -0.232. The maximum Gasteiger partial charge on any atom is 0.265 e. The first-order valence-corrected chi connectivity index (χ1v) is 14.6. The average molecular weight is 585 g/mol. The molecule has 3 amide bonds. The number of carbonyl (C=O) groups is 3. The predicted octanol–water partition coefficient (Wildman–Crippen LogP) is 3.93. The SMILES string of the molecule is Cc1cc2c(cc1C)N(CC(=O)N(C)C(CN1CCOCC1)c1ccc(-c3ccc(C(=O)N(C)C)cc3)cc1)C(=O)CO2. The first kappa shape index (κ1) is 30.3. The molecular formula is C34H40N4O5. The summed E-state index contributed by atoms with van der Waals surface area (Å²) in [6.45, 7) is 7.39. The number of fused-ring (bicyclic) bond motifs is 1. The third-order valence-corrected chi connectivity index (χ3v) is 8.37. The fraction of sp³-hybridized carbons (Fsp3) is 0.382. The summed E-state index contributed by atoms with van der Waals surface area (Å²) in [7, 11) is 5.29. The monoisotopic (exact) mass is 584 g/mol. The molecule has 1 saturated heterocycles. The van der Waals surface area contributed by atoms with Crippen molar-refractivity contribution in [1.29, 1.82) is 0 Å². The minimum Gasteiger partial charge on any atom is -0.482 e. The number of nitrogens with zero attached hydrogens (tertiary/aromatic N) is 4. The highest BCUT2D eigenvalue weighted by Gasteiger charge is 2.32. The molecule has 9 heteroatoms. The van der Waals surface area contributed by atoms with E-state index in [2.05, 4.69) is 29.2 Å². The number of ether oxygens (including phenoxy) is 2. The van der Waals surface area contributed by atoms with Crippen LogP contribution in [0.5, 0.6) is 5.75 Å². The lowest BCUT2D eigenvalue weighted by Crippen LogP contribution is -2.48. The molecule has 1 unspecified atom stereocenters. The van der Waals surface area contributed by atoms with Crippen LogP contribution in [0, 0.1) is 13.8 Å². The summed E-state index contributed by atoms with van der Waals surface area (Å²) in [5, 5.41) is 0. The summed E-state index contributed by atoms with van der Waals surface area (Å²) < 4.78 is 11.2. The van der Waals surface area contributed by atoms with Crippen molar-refractivity contribution in [1.82, 2.24) is 14.7 Å². The number of rotatable bonds is 8. The van der Waals surface area contributed by atoms with Gasteiger partial charge in [-0.2, -0.15) is 0 Å². The van der Waals surface area contributed by atoms with Gasteiger partial charge in [0.05, 0.1) is 24.9 Å². The van der Waals surface area contributed by atoms with Crippen molar-refractivity contribution in [3.05, 3.63) is 82.9 Å². The second-order valence-corrected chi connectivity index (χ2v) is 11.5. The van der Waals surface area contributed by atoms with Crippen LogP contribution in [0.4, 0.5) is 5.69 Å². The number of morpholine rings is 1. The summed E-state index contributed by atoms with van der Waals surface area (Å²) in [5.41, 5.74) is 6.41. The van der Waals surface area contributed by atoms with Crippen LogP contribution in [-0.2, 0) is 14.3 Å². The number of hydrogen-bond donors (Lipinski definition) is 0. The predicted molar refractivity (Wildman–Crippen MR) is 166 cm³/mol. The van der Waals surface area contributed by atoms with E-state index in [-0.39, 0.29) is 36.9 Å². The topological polar surface area (TPSA) is 82.6 Å². The molecule has 1 atom stereocenters. The Morgan fingerprint density at radius 2 is 1.49 bits per heavy atom. The van der Waals surface area contributed by atoms with Gasteiger partial charge >= 0.3 is 0 Å². The second kappa shape index (κ2) is 13.0. The first-order valence-electron chi connectivity index (χ1n) is 14.6. The Bertz CT molecular complexity index is 1480. The minimum absolute atomic E-state index is 0.0342. The molecule has 2 heterocycles. The maximum absolute atomic E-state index is 13.8. The Balaban J connectivity index is 1.37. The van der Waals surface area contributed by atoms with Gasteiger partial charge in [-0.05, 0) is 65.9 Å². The summed E-state index contributed by atoms with van der Waals surface area (Å²) in [6, 6.07) is 19.4. The van der Waals surface area contributed by atoms with Gasteiger partial charge in [0.15, 0.2) is 6.61 Å². The van der Waals surface area contributed by atoms with Crippen LogP contribution >= 0.6 is 0 Å². The van der Waals surface area contributed by atoms with Crippen LogP contribution in [0.3, 0.4) is 0 Å². The van der Waals surface area contributed by atoms with Crippen molar-refractivity contribution < 1.29 is 23.9 Å². The molecule has 226 valence electrons. The first-order chi connectivity index (χ1) is 20.6. The average Bonchev–Trinajstić information content (AvgIpc) is 3.02. The summed E-state index contributed by atoms with van der Waals surface area (Å²) in [6.07, 6.45) is 0. The van der Waals surface area contributed by atoms with Crippen molar-refractivity contribution in [2.75, 3.05) is 72.0 Å². The molecule has 0 spiro atoms. The van der Waals surface area contributed by atoms with Gasteiger partial charge in [-0.15, -0.1) is 0 Å². The van der Waals surface area contributed by atoms with Crippen molar-refractivity contribution in [2.24, 2.45) is 0 Å². The van der Waals surface area contributed by atoms with Gasteiger partial charge in [-0.1, -0.05) is 36.4 Å². The number of likely N-dealkylation sites (N-methyl/N-ethyl adjacent to an activating group) is 1. The van der Waals surface area contributed by atoms with Crippen molar-refractivity contribution in [2.45, 2.75) is 19.9 Å². The van der Waals surface area contributed by atoms with Crippen molar-refractivity contribution in [3.8, 4) is 16.9 Å². The Morgan fingerprint density at radius 3 is 2.12 bits per heavy atom. The van der Waals surface area contributed by atoms with Crippen LogP contribution in [-0.4, -0.2) is 99.6 Å². The van der Waals surface area contributed by atoms with Crippen molar-refractivity contribution in [3.63, 3.8) is 0 Å². The van der Waals surface area contributed by atoms with E-state index in [1.54, 1.807) is 28.8 Å². The molecule has 0 radical (unpaired) electrons. The van der Waals surface area contributed by atoms with Crippen LogP contribution in [0.15, 0.2) is 60.7 Å². The fourth-order valence-electron chi connectivity index (χ4n) is 5.49. The highest BCUT2D eigenvalue weighted by Crippen LogP contribution is 2.35. The van der Waals surface area contributed by atoms with E-state index in [1.807, 2.05) is 57.3 Å². The van der Waals surface area contributed by atoms with Gasteiger partial charge in [0.1, 0.15) is 12.3 Å². The number of hydrogen-bond acceptors (Lipinski definition) is 6. The van der Waals surface area contributed by atoms with Crippen LogP contribution in [0.1, 0.15) is 33.1 Å². The molecule has 3 aromatic carbocycles. The highest BCUT2D eigenvalue weighted by atomic mass is 16.5. The number of anilines is 1. The molecule has 1 fully saturated rings. The molecule has 2 aliphatic rings. The Hall–Kier alpha value is -4.21. The zero-order valence-electron chi connectivity index (χ0n) is 25.6. The molecule has 5 rings (SSSR count).